The van der Waals surface area contributed by atoms with Gasteiger partial charge in [0.25, 0.3) is 11.5 Å². The summed E-state index contributed by atoms with van der Waals surface area (Å²) < 4.78 is 5.11. The number of ether oxygens (including phenoxy) is 1. The first kappa shape index (κ1) is 19.3. The predicted octanol–water partition coefficient (Wildman–Crippen LogP) is 2.03. The van der Waals surface area contributed by atoms with Gasteiger partial charge >= 0.3 is 5.97 Å². The number of aromatic amines is 1. The Morgan fingerprint density at radius 1 is 1.41 bits per heavy atom. The second-order valence-electron chi connectivity index (χ2n) is 6.57. The molecule has 3 rings (SSSR count). The van der Waals surface area contributed by atoms with Gasteiger partial charge in [-0.05, 0) is 38.2 Å². The minimum Gasteiger partial charge on any atom is -0.453 e. The summed E-state index contributed by atoms with van der Waals surface area (Å²) in [6, 6.07) is 0. The Bertz CT molecular complexity index is 931. The van der Waals surface area contributed by atoms with Crippen molar-refractivity contribution in [1.29, 1.82) is 0 Å². The minimum atomic E-state index is -0.879. The van der Waals surface area contributed by atoms with Gasteiger partial charge in [-0.25, -0.2) is 4.98 Å². The van der Waals surface area contributed by atoms with Crippen molar-refractivity contribution in [1.82, 2.24) is 15.3 Å². The van der Waals surface area contributed by atoms with Gasteiger partial charge < -0.3 is 15.0 Å². The number of nitrogens with one attached hydrogen (secondary N) is 2. The topological polar surface area (TPSA) is 101 Å². The fourth-order valence-electron chi connectivity index (χ4n) is 3.17. The molecule has 0 bridgehead atoms. The average Bonchev–Trinajstić information content (AvgIpc) is 3.03. The zero-order valence-corrected chi connectivity index (χ0v) is 16.1. The Morgan fingerprint density at radius 3 is 2.96 bits per heavy atom. The third kappa shape index (κ3) is 4.44. The molecule has 0 saturated carbocycles. The highest BCUT2D eigenvalue weighted by Crippen LogP contribution is 2.33. The predicted molar refractivity (Wildman–Crippen MR) is 104 cm³/mol. The summed E-state index contributed by atoms with van der Waals surface area (Å²) in [4.78, 5) is 45.5. The van der Waals surface area contributed by atoms with Crippen LogP contribution in [0.5, 0.6) is 0 Å². The van der Waals surface area contributed by atoms with Crippen LogP contribution >= 0.6 is 11.3 Å². The summed E-state index contributed by atoms with van der Waals surface area (Å²) >= 11 is 1.58. The number of carbonyl (C=O) groups excluding carboxylic acids is 2. The smallest absolute Gasteiger partial charge is 0.307 e. The molecule has 27 heavy (non-hydrogen) atoms. The Kier molecular flexibility index (Phi) is 6.05. The van der Waals surface area contributed by atoms with E-state index < -0.39 is 12.1 Å². The number of H-pyrrole nitrogens is 1. The first-order valence-electron chi connectivity index (χ1n) is 9.11. The SMILES string of the molecule is C=CCNC(=O)[C@H](C)OC(=O)CCc1nc2sc3c(c2c(=O)[nH]1)CCCC3. The first-order valence-corrected chi connectivity index (χ1v) is 9.92. The highest BCUT2D eigenvalue weighted by Gasteiger charge is 2.21. The van der Waals surface area contributed by atoms with E-state index in [0.717, 1.165) is 36.1 Å². The van der Waals surface area contributed by atoms with Gasteiger partial charge in [-0.15, -0.1) is 17.9 Å². The number of aryl methyl sites for hydroxylation is 3. The summed E-state index contributed by atoms with van der Waals surface area (Å²) in [6.07, 6.45) is 5.15. The number of aromatic nitrogens is 2. The van der Waals surface area contributed by atoms with E-state index in [9.17, 15) is 14.4 Å². The van der Waals surface area contributed by atoms with Crippen LogP contribution in [0.25, 0.3) is 10.2 Å². The maximum atomic E-state index is 12.5. The van der Waals surface area contributed by atoms with Crippen LogP contribution < -0.4 is 10.9 Å². The van der Waals surface area contributed by atoms with E-state index in [-0.39, 0.29) is 24.3 Å². The van der Waals surface area contributed by atoms with Crippen molar-refractivity contribution in [3.05, 3.63) is 39.3 Å². The van der Waals surface area contributed by atoms with Gasteiger partial charge in [0.1, 0.15) is 10.7 Å². The minimum absolute atomic E-state index is 0.0403. The molecule has 2 N–H and O–H groups in total. The van der Waals surface area contributed by atoms with Gasteiger partial charge in [-0.3, -0.25) is 14.4 Å². The molecule has 0 spiro atoms. The van der Waals surface area contributed by atoms with Gasteiger partial charge in [-0.2, -0.15) is 0 Å². The maximum absolute atomic E-state index is 12.5. The Morgan fingerprint density at radius 2 is 2.19 bits per heavy atom. The van der Waals surface area contributed by atoms with Crippen molar-refractivity contribution >= 4 is 33.4 Å². The molecule has 1 aliphatic carbocycles. The molecule has 1 atom stereocenters. The van der Waals surface area contributed by atoms with Crippen LogP contribution in [0.2, 0.25) is 0 Å². The standard InChI is InChI=1S/C19H23N3O4S/c1-3-10-20-17(24)11(2)26-15(23)9-8-14-21-18(25)16-12-6-4-5-7-13(12)27-19(16)22-14/h3,11H,1,4-10H2,2H3,(H,20,24)(H,21,22,25)/t11-/m0/s1. The summed E-state index contributed by atoms with van der Waals surface area (Å²) in [6.45, 7) is 5.34. The van der Waals surface area contributed by atoms with E-state index in [4.69, 9.17) is 4.74 Å². The molecular weight excluding hydrogens is 366 g/mol. The van der Waals surface area contributed by atoms with Crippen LogP contribution in [-0.2, 0) is 33.6 Å². The fourth-order valence-corrected chi connectivity index (χ4v) is 4.45. The number of hydrogen-bond acceptors (Lipinski definition) is 6. The molecule has 1 amide bonds. The van der Waals surface area contributed by atoms with Crippen molar-refractivity contribution < 1.29 is 14.3 Å². The zero-order valence-electron chi connectivity index (χ0n) is 15.3. The van der Waals surface area contributed by atoms with Gasteiger partial charge in [0.2, 0.25) is 0 Å². The Balaban J connectivity index is 1.63. The molecule has 2 heterocycles. The van der Waals surface area contributed by atoms with Crippen molar-refractivity contribution in [2.75, 3.05) is 6.54 Å². The monoisotopic (exact) mass is 389 g/mol. The first-order chi connectivity index (χ1) is 13.0. The molecule has 1 aliphatic rings. The molecule has 8 heteroatoms. The van der Waals surface area contributed by atoms with E-state index >= 15 is 0 Å². The lowest BCUT2D eigenvalue weighted by molar-refractivity contribution is -0.154. The highest BCUT2D eigenvalue weighted by molar-refractivity contribution is 7.18. The molecule has 2 aromatic heterocycles. The van der Waals surface area contributed by atoms with Crippen LogP contribution in [0.4, 0.5) is 0 Å². The fraction of sp³-hybridized carbons (Fsp3) is 0.474. The van der Waals surface area contributed by atoms with Crippen molar-refractivity contribution in [3.63, 3.8) is 0 Å². The lowest BCUT2D eigenvalue weighted by atomic mass is 9.97. The summed E-state index contributed by atoms with van der Waals surface area (Å²) in [7, 11) is 0. The van der Waals surface area contributed by atoms with E-state index in [0.29, 0.717) is 17.8 Å². The summed E-state index contributed by atoms with van der Waals surface area (Å²) in [5.74, 6) is -0.420. The normalized spacial score (nSPS) is 14.4. The molecule has 0 radical (unpaired) electrons. The van der Waals surface area contributed by atoms with Crippen LogP contribution in [0.3, 0.4) is 0 Å². The van der Waals surface area contributed by atoms with Crippen molar-refractivity contribution in [2.24, 2.45) is 0 Å². The molecular formula is C19H23N3O4S. The van der Waals surface area contributed by atoms with E-state index in [2.05, 4.69) is 21.9 Å². The zero-order chi connectivity index (χ0) is 19.4. The van der Waals surface area contributed by atoms with E-state index in [1.807, 2.05) is 0 Å². The largest absolute Gasteiger partial charge is 0.453 e. The lowest BCUT2D eigenvalue weighted by Gasteiger charge is -2.12. The van der Waals surface area contributed by atoms with Crippen molar-refractivity contribution in [2.45, 2.75) is 51.6 Å². The maximum Gasteiger partial charge on any atom is 0.307 e. The van der Waals surface area contributed by atoms with Crippen LogP contribution in [0.1, 0.15) is 42.5 Å². The number of esters is 1. The molecule has 0 saturated heterocycles. The number of nitrogens with zero attached hydrogens (tertiary/aromatic N) is 1. The molecule has 144 valence electrons. The second-order valence-corrected chi connectivity index (χ2v) is 7.65. The Labute approximate surface area is 160 Å². The van der Waals surface area contributed by atoms with Crippen LogP contribution in [0.15, 0.2) is 17.4 Å². The lowest BCUT2D eigenvalue weighted by Crippen LogP contribution is -2.35. The van der Waals surface area contributed by atoms with Gasteiger partial charge in [0.05, 0.1) is 11.8 Å². The number of thiophene rings is 1. The van der Waals surface area contributed by atoms with Gasteiger partial charge in [-0.1, -0.05) is 6.08 Å². The number of hydrogen-bond donors (Lipinski definition) is 2. The number of carbonyl (C=O) groups is 2. The second kappa shape index (κ2) is 8.47. The third-order valence-electron chi connectivity index (χ3n) is 4.54. The van der Waals surface area contributed by atoms with Crippen molar-refractivity contribution in [3.8, 4) is 0 Å². The molecule has 7 nitrogen and oxygen atoms in total. The number of fused-ring (bicyclic) bond motifs is 3. The summed E-state index contributed by atoms with van der Waals surface area (Å²) in [5, 5.41) is 3.27. The highest BCUT2D eigenvalue weighted by atomic mass is 32.1. The van der Waals surface area contributed by atoms with E-state index in [1.165, 1.54) is 11.8 Å². The third-order valence-corrected chi connectivity index (χ3v) is 5.72. The molecule has 2 aromatic rings. The van der Waals surface area contributed by atoms with Crippen LogP contribution in [0, 0.1) is 0 Å². The number of rotatable bonds is 7. The molecule has 0 unspecified atom stereocenters. The Hall–Kier alpha value is -2.48. The average molecular weight is 389 g/mol. The van der Waals surface area contributed by atoms with Gasteiger partial charge in [0.15, 0.2) is 6.10 Å². The number of amides is 1. The molecule has 0 aliphatic heterocycles. The van der Waals surface area contributed by atoms with E-state index in [1.54, 1.807) is 17.4 Å². The van der Waals surface area contributed by atoms with Gasteiger partial charge in [0, 0.05) is 17.8 Å². The molecule has 0 aromatic carbocycles. The molecule has 0 fully saturated rings. The van der Waals surface area contributed by atoms with Crippen LogP contribution in [-0.4, -0.2) is 34.5 Å². The quantitative estimate of drug-likeness (QED) is 0.557. The summed E-state index contributed by atoms with van der Waals surface area (Å²) in [5.41, 5.74) is 1.00.